The van der Waals surface area contributed by atoms with Gasteiger partial charge in [-0.2, -0.15) is 8.42 Å². The first-order valence-electron chi connectivity index (χ1n) is 6.13. The number of aliphatic carboxylic acids is 1. The van der Waals surface area contributed by atoms with Crippen LogP contribution in [-0.2, 0) is 14.9 Å². The van der Waals surface area contributed by atoms with Crippen LogP contribution >= 0.6 is 0 Å². The molecular weight excluding hydrogens is 310 g/mol. The molecule has 22 heavy (non-hydrogen) atoms. The van der Waals surface area contributed by atoms with Gasteiger partial charge in [0.25, 0.3) is 10.1 Å². The molecule has 0 saturated carbocycles. The zero-order valence-corrected chi connectivity index (χ0v) is 12.4. The molecule has 2 N–H and O–H groups in total. The third-order valence-electron chi connectivity index (χ3n) is 2.79. The summed E-state index contributed by atoms with van der Waals surface area (Å²) in [7, 11) is -3.14. The Morgan fingerprint density at radius 3 is 2.55 bits per heavy atom. The van der Waals surface area contributed by atoms with E-state index in [1.807, 2.05) is 0 Å². The number of carbonyl (C=O) groups is 1. The lowest BCUT2D eigenvalue weighted by Crippen LogP contribution is -2.19. The fourth-order valence-electron chi connectivity index (χ4n) is 1.93. The summed E-state index contributed by atoms with van der Waals surface area (Å²) in [6, 6.07) is 9.63. The third kappa shape index (κ3) is 3.57. The molecule has 0 aliphatic carbocycles. The second kappa shape index (κ2) is 6.08. The highest BCUT2D eigenvalue weighted by Crippen LogP contribution is 2.32. The molecule has 0 aromatic heterocycles. The van der Waals surface area contributed by atoms with Crippen molar-refractivity contribution in [2.24, 2.45) is 10.3 Å². The molecule has 0 aliphatic heterocycles. The molecule has 0 atom stereocenters. The largest absolute Gasteiger partial charge is 0.480 e. The summed E-state index contributed by atoms with van der Waals surface area (Å²) in [4.78, 5) is 10.2. The number of likely N-dealkylation sites (N-methyl/N-ethyl adjacent to an activating group) is 1. The molecular formula is C13H13N3O5S. The van der Waals surface area contributed by atoms with Gasteiger partial charge in [-0.05, 0) is 11.5 Å². The van der Waals surface area contributed by atoms with Crippen LogP contribution in [0.3, 0.4) is 0 Å². The summed E-state index contributed by atoms with van der Waals surface area (Å²) in [5, 5.41) is 17.9. The first-order chi connectivity index (χ1) is 10.3. The Hall–Kier alpha value is -2.52. The number of hydrogen-bond donors (Lipinski definition) is 2. The van der Waals surface area contributed by atoms with Crippen molar-refractivity contribution in [3.05, 3.63) is 36.4 Å². The maximum Gasteiger partial charge on any atom is 0.324 e. The maximum atomic E-state index is 11.6. The van der Waals surface area contributed by atoms with Crippen LogP contribution in [0.2, 0.25) is 0 Å². The highest BCUT2D eigenvalue weighted by atomic mass is 32.2. The topological polar surface area (TPSA) is 120 Å². The number of rotatable bonds is 5. The van der Waals surface area contributed by atoms with E-state index in [9.17, 15) is 17.8 Å². The van der Waals surface area contributed by atoms with Gasteiger partial charge in [0, 0.05) is 12.4 Å². The van der Waals surface area contributed by atoms with Gasteiger partial charge in [0.15, 0.2) is 0 Å². The van der Waals surface area contributed by atoms with Gasteiger partial charge in [0.05, 0.1) is 0 Å². The van der Waals surface area contributed by atoms with Gasteiger partial charge in [-0.1, -0.05) is 35.6 Å². The SMILES string of the molecule is CN(CC(=O)O)N=Nc1ccc2ccccc2c1S(=O)(=O)O. The van der Waals surface area contributed by atoms with E-state index in [4.69, 9.17) is 5.11 Å². The fraction of sp³-hybridized carbons (Fsp3) is 0.154. The lowest BCUT2D eigenvalue weighted by Gasteiger charge is -2.09. The molecule has 0 spiro atoms. The highest BCUT2D eigenvalue weighted by Gasteiger charge is 2.19. The number of benzene rings is 2. The van der Waals surface area contributed by atoms with Crippen molar-refractivity contribution >= 4 is 32.5 Å². The first-order valence-corrected chi connectivity index (χ1v) is 7.57. The number of carboxylic acid groups (broad SMARTS) is 1. The van der Waals surface area contributed by atoms with Gasteiger partial charge in [-0.3, -0.25) is 14.4 Å². The number of carboxylic acids is 1. The molecule has 0 bridgehead atoms. The fourth-order valence-corrected chi connectivity index (χ4v) is 2.77. The third-order valence-corrected chi connectivity index (χ3v) is 3.73. The van der Waals surface area contributed by atoms with E-state index in [0.717, 1.165) is 5.01 Å². The smallest absolute Gasteiger partial charge is 0.324 e. The molecule has 116 valence electrons. The van der Waals surface area contributed by atoms with E-state index in [0.29, 0.717) is 10.8 Å². The Balaban J connectivity index is 2.55. The van der Waals surface area contributed by atoms with Crippen LogP contribution < -0.4 is 0 Å². The number of hydrogen-bond acceptors (Lipinski definition) is 5. The number of fused-ring (bicyclic) bond motifs is 1. The van der Waals surface area contributed by atoms with E-state index >= 15 is 0 Å². The number of nitrogens with zero attached hydrogens (tertiary/aromatic N) is 3. The second-order valence-corrected chi connectivity index (χ2v) is 5.87. The van der Waals surface area contributed by atoms with E-state index in [1.165, 1.54) is 13.1 Å². The molecule has 2 aromatic carbocycles. The molecule has 8 nitrogen and oxygen atoms in total. The standard InChI is InChI=1S/C13H13N3O5S/c1-16(8-12(17)18)15-14-11-7-6-9-4-2-3-5-10(9)13(11)22(19,20)21/h2-7H,8H2,1H3,(H,17,18)(H,19,20,21). The lowest BCUT2D eigenvalue weighted by atomic mass is 10.1. The minimum absolute atomic E-state index is 0.0709. The molecule has 0 radical (unpaired) electrons. The molecule has 0 fully saturated rings. The first kappa shape index (κ1) is 15.9. The zero-order chi connectivity index (χ0) is 16.3. The predicted octanol–water partition coefficient (Wildman–Crippen LogP) is 2.10. The average Bonchev–Trinajstić information content (AvgIpc) is 2.42. The Labute approximate surface area is 126 Å². The van der Waals surface area contributed by atoms with Crippen LogP contribution in [0.25, 0.3) is 10.8 Å². The van der Waals surface area contributed by atoms with Crippen molar-refractivity contribution in [3.8, 4) is 0 Å². The molecule has 0 saturated heterocycles. The summed E-state index contributed by atoms with van der Waals surface area (Å²) in [6.45, 7) is -0.391. The van der Waals surface area contributed by atoms with Crippen LogP contribution in [0.5, 0.6) is 0 Å². The zero-order valence-electron chi connectivity index (χ0n) is 11.5. The second-order valence-electron chi connectivity index (χ2n) is 4.51. The van der Waals surface area contributed by atoms with Gasteiger partial charge >= 0.3 is 5.97 Å². The van der Waals surface area contributed by atoms with Gasteiger partial charge in [0.1, 0.15) is 17.1 Å². The van der Waals surface area contributed by atoms with Gasteiger partial charge in [-0.15, -0.1) is 5.11 Å². The summed E-state index contributed by atoms with van der Waals surface area (Å²) in [6.07, 6.45) is 0. The normalized spacial score (nSPS) is 11.9. The van der Waals surface area contributed by atoms with E-state index in [2.05, 4.69) is 10.3 Å². The molecule has 0 unspecified atom stereocenters. The molecule has 2 aromatic rings. The van der Waals surface area contributed by atoms with Crippen molar-refractivity contribution in [3.63, 3.8) is 0 Å². The van der Waals surface area contributed by atoms with Crippen LogP contribution in [0.15, 0.2) is 51.6 Å². The van der Waals surface area contributed by atoms with Gasteiger partial charge in [0.2, 0.25) is 0 Å². The maximum absolute atomic E-state index is 11.6. The van der Waals surface area contributed by atoms with Crippen molar-refractivity contribution in [2.75, 3.05) is 13.6 Å². The van der Waals surface area contributed by atoms with E-state index in [1.54, 1.807) is 30.3 Å². The Kier molecular flexibility index (Phi) is 4.38. The minimum atomic E-state index is -4.52. The minimum Gasteiger partial charge on any atom is -0.480 e. The molecule has 9 heteroatoms. The van der Waals surface area contributed by atoms with Crippen LogP contribution in [-0.4, -0.2) is 42.6 Å². The average molecular weight is 323 g/mol. The van der Waals surface area contributed by atoms with Crippen molar-refractivity contribution in [2.45, 2.75) is 4.90 Å². The van der Waals surface area contributed by atoms with Crippen molar-refractivity contribution < 1.29 is 22.9 Å². The summed E-state index contributed by atoms with van der Waals surface area (Å²) in [5.41, 5.74) is -0.0709. The monoisotopic (exact) mass is 323 g/mol. The van der Waals surface area contributed by atoms with Crippen LogP contribution in [0, 0.1) is 0 Å². The van der Waals surface area contributed by atoms with E-state index in [-0.39, 0.29) is 10.6 Å². The molecule has 0 aliphatic rings. The van der Waals surface area contributed by atoms with Crippen molar-refractivity contribution in [1.29, 1.82) is 0 Å². The molecule has 0 heterocycles. The molecule has 0 amide bonds. The van der Waals surface area contributed by atoms with Crippen molar-refractivity contribution in [1.82, 2.24) is 5.01 Å². The van der Waals surface area contributed by atoms with Crippen LogP contribution in [0.4, 0.5) is 5.69 Å². The Morgan fingerprint density at radius 2 is 1.91 bits per heavy atom. The predicted molar refractivity (Wildman–Crippen MR) is 78.5 cm³/mol. The lowest BCUT2D eigenvalue weighted by molar-refractivity contribution is -0.138. The van der Waals surface area contributed by atoms with Crippen LogP contribution in [0.1, 0.15) is 0 Å². The summed E-state index contributed by atoms with van der Waals surface area (Å²) >= 11 is 0. The van der Waals surface area contributed by atoms with E-state index < -0.39 is 22.6 Å². The Bertz CT molecular complexity index is 848. The quantitative estimate of drug-likeness (QED) is 0.494. The summed E-state index contributed by atoms with van der Waals surface area (Å²) < 4.78 is 32.7. The van der Waals surface area contributed by atoms with Gasteiger partial charge in [-0.25, -0.2) is 0 Å². The van der Waals surface area contributed by atoms with Gasteiger partial charge < -0.3 is 5.11 Å². The summed E-state index contributed by atoms with van der Waals surface area (Å²) in [5.74, 6) is -1.10. The molecule has 2 rings (SSSR count). The highest BCUT2D eigenvalue weighted by molar-refractivity contribution is 7.86. The Morgan fingerprint density at radius 1 is 1.23 bits per heavy atom.